The van der Waals surface area contributed by atoms with E-state index in [2.05, 4.69) is 14.8 Å². The molecule has 0 saturated carbocycles. The van der Waals surface area contributed by atoms with Crippen LogP contribution in [0.5, 0.6) is 0 Å². The van der Waals surface area contributed by atoms with Crippen molar-refractivity contribution in [3.05, 3.63) is 35.9 Å². The van der Waals surface area contributed by atoms with Crippen molar-refractivity contribution >= 4 is 17.9 Å². The first kappa shape index (κ1) is 15.6. The molecule has 108 valence electrons. The second-order valence-corrected chi connectivity index (χ2v) is 3.81. The summed E-state index contributed by atoms with van der Waals surface area (Å²) in [6.45, 7) is -0.474. The Labute approximate surface area is 116 Å². The van der Waals surface area contributed by atoms with Gasteiger partial charge in [0.05, 0.1) is 0 Å². The van der Waals surface area contributed by atoms with Crippen molar-refractivity contribution < 1.29 is 23.9 Å². The predicted octanol–water partition coefficient (Wildman–Crippen LogP) is 0.202. The number of imide groups is 1. The van der Waals surface area contributed by atoms with Crippen molar-refractivity contribution in [1.82, 2.24) is 10.6 Å². The summed E-state index contributed by atoms with van der Waals surface area (Å²) in [5.74, 6) is -1.38. The molecule has 0 atom stereocenters. The molecule has 0 unspecified atom stereocenters. The van der Waals surface area contributed by atoms with Gasteiger partial charge in [0.2, 0.25) is 0 Å². The number of amides is 3. The highest BCUT2D eigenvalue weighted by Gasteiger charge is 2.10. The van der Waals surface area contributed by atoms with Gasteiger partial charge < -0.3 is 14.8 Å². The standard InChI is InChI=1S/C13H16N2O5/c1-19-9-12(17)20-8-11(16)15-13(18)14-7-10-5-3-2-4-6-10/h2-6H,7-9H2,1H3,(H2,14,15,16,18). The summed E-state index contributed by atoms with van der Waals surface area (Å²) in [5, 5.41) is 4.55. The summed E-state index contributed by atoms with van der Waals surface area (Å²) in [5.41, 5.74) is 0.904. The van der Waals surface area contributed by atoms with Crippen molar-refractivity contribution in [1.29, 1.82) is 0 Å². The molecule has 7 nitrogen and oxygen atoms in total. The summed E-state index contributed by atoms with van der Waals surface area (Å²) in [7, 11) is 1.33. The average molecular weight is 280 g/mol. The molecule has 0 aromatic heterocycles. The van der Waals surface area contributed by atoms with Gasteiger partial charge in [-0.1, -0.05) is 30.3 Å². The largest absolute Gasteiger partial charge is 0.454 e. The molecule has 0 aliphatic heterocycles. The zero-order chi connectivity index (χ0) is 14.8. The first-order valence-electron chi connectivity index (χ1n) is 5.88. The normalized spacial score (nSPS) is 9.65. The Morgan fingerprint density at radius 1 is 1.10 bits per heavy atom. The van der Waals surface area contributed by atoms with Crippen LogP contribution in [0.15, 0.2) is 30.3 Å². The second kappa shape index (κ2) is 8.65. The van der Waals surface area contributed by atoms with E-state index >= 15 is 0 Å². The Bertz CT molecular complexity index is 461. The maximum Gasteiger partial charge on any atom is 0.332 e. The van der Waals surface area contributed by atoms with Gasteiger partial charge in [-0.25, -0.2) is 9.59 Å². The average Bonchev–Trinajstić information content (AvgIpc) is 2.44. The lowest BCUT2D eigenvalue weighted by Crippen LogP contribution is -2.41. The fraction of sp³-hybridized carbons (Fsp3) is 0.308. The van der Waals surface area contributed by atoms with Crippen LogP contribution in [-0.2, 0) is 25.6 Å². The maximum absolute atomic E-state index is 11.4. The molecule has 0 aliphatic carbocycles. The number of hydrogen-bond acceptors (Lipinski definition) is 5. The van der Waals surface area contributed by atoms with Crippen LogP contribution in [0.25, 0.3) is 0 Å². The Morgan fingerprint density at radius 3 is 2.45 bits per heavy atom. The summed E-state index contributed by atoms with van der Waals surface area (Å²) in [6, 6.07) is 8.58. The van der Waals surface area contributed by atoms with E-state index in [0.717, 1.165) is 5.56 Å². The molecular weight excluding hydrogens is 264 g/mol. The van der Waals surface area contributed by atoms with E-state index in [1.807, 2.05) is 35.6 Å². The number of methoxy groups -OCH3 is 1. The molecule has 0 heterocycles. The van der Waals surface area contributed by atoms with Gasteiger partial charge >= 0.3 is 12.0 Å². The number of carbonyl (C=O) groups is 3. The Hall–Kier alpha value is -2.41. The lowest BCUT2D eigenvalue weighted by atomic mass is 10.2. The van der Waals surface area contributed by atoms with Gasteiger partial charge in [0, 0.05) is 13.7 Å². The van der Waals surface area contributed by atoms with Gasteiger partial charge in [-0.05, 0) is 5.56 Å². The van der Waals surface area contributed by atoms with E-state index in [1.54, 1.807) is 0 Å². The number of nitrogens with one attached hydrogen (secondary N) is 2. The van der Waals surface area contributed by atoms with Gasteiger partial charge in [-0.15, -0.1) is 0 Å². The topological polar surface area (TPSA) is 93.7 Å². The minimum Gasteiger partial charge on any atom is -0.454 e. The molecule has 0 radical (unpaired) electrons. The van der Waals surface area contributed by atoms with Crippen LogP contribution in [0.3, 0.4) is 0 Å². The quantitative estimate of drug-likeness (QED) is 0.726. The van der Waals surface area contributed by atoms with Crippen molar-refractivity contribution in [2.24, 2.45) is 0 Å². The molecule has 0 bridgehead atoms. The van der Waals surface area contributed by atoms with E-state index in [-0.39, 0.29) is 6.61 Å². The third kappa shape index (κ3) is 6.50. The van der Waals surface area contributed by atoms with Crippen LogP contribution in [0.4, 0.5) is 4.79 Å². The number of ether oxygens (including phenoxy) is 2. The molecule has 1 rings (SSSR count). The maximum atomic E-state index is 11.4. The molecule has 7 heteroatoms. The van der Waals surface area contributed by atoms with Gasteiger partial charge in [0.15, 0.2) is 6.61 Å². The van der Waals surface area contributed by atoms with E-state index in [4.69, 9.17) is 0 Å². The van der Waals surface area contributed by atoms with E-state index in [9.17, 15) is 14.4 Å². The number of rotatable bonds is 6. The van der Waals surface area contributed by atoms with Crippen LogP contribution in [0.2, 0.25) is 0 Å². The number of urea groups is 1. The first-order chi connectivity index (χ1) is 9.61. The summed E-state index contributed by atoms with van der Waals surface area (Å²) < 4.78 is 9.07. The lowest BCUT2D eigenvalue weighted by Gasteiger charge is -2.07. The summed E-state index contributed by atoms with van der Waals surface area (Å²) >= 11 is 0. The second-order valence-electron chi connectivity index (χ2n) is 3.81. The predicted molar refractivity (Wildman–Crippen MR) is 69.7 cm³/mol. The summed E-state index contributed by atoms with van der Waals surface area (Å²) in [6.07, 6.45) is 0. The van der Waals surface area contributed by atoms with Crippen molar-refractivity contribution in [2.75, 3.05) is 20.3 Å². The highest BCUT2D eigenvalue weighted by Crippen LogP contribution is 1.96. The molecule has 0 fully saturated rings. The van der Waals surface area contributed by atoms with Crippen LogP contribution in [0.1, 0.15) is 5.56 Å². The number of hydrogen-bond donors (Lipinski definition) is 2. The smallest absolute Gasteiger partial charge is 0.332 e. The SMILES string of the molecule is COCC(=O)OCC(=O)NC(=O)NCc1ccccc1. The number of carbonyl (C=O) groups excluding carboxylic acids is 3. The van der Waals surface area contributed by atoms with Crippen LogP contribution in [-0.4, -0.2) is 38.2 Å². The Morgan fingerprint density at radius 2 is 1.80 bits per heavy atom. The lowest BCUT2D eigenvalue weighted by molar-refractivity contribution is -0.151. The highest BCUT2D eigenvalue weighted by atomic mass is 16.6. The van der Waals surface area contributed by atoms with Crippen LogP contribution >= 0.6 is 0 Å². The highest BCUT2D eigenvalue weighted by molar-refractivity contribution is 5.95. The Balaban J connectivity index is 2.21. The number of benzene rings is 1. The zero-order valence-electron chi connectivity index (χ0n) is 11.0. The molecule has 0 spiro atoms. The molecule has 20 heavy (non-hydrogen) atoms. The molecular formula is C13H16N2O5. The van der Waals surface area contributed by atoms with Gasteiger partial charge in [-0.2, -0.15) is 0 Å². The zero-order valence-corrected chi connectivity index (χ0v) is 11.0. The van der Waals surface area contributed by atoms with Gasteiger partial charge in [-0.3, -0.25) is 10.1 Å². The fourth-order valence-corrected chi connectivity index (χ4v) is 1.29. The molecule has 3 amide bonds. The third-order valence-corrected chi connectivity index (χ3v) is 2.18. The minimum atomic E-state index is -0.708. The van der Waals surface area contributed by atoms with Crippen molar-refractivity contribution in [3.63, 3.8) is 0 Å². The molecule has 1 aromatic rings. The number of esters is 1. The van der Waals surface area contributed by atoms with E-state index in [0.29, 0.717) is 6.54 Å². The van der Waals surface area contributed by atoms with Crippen LogP contribution < -0.4 is 10.6 Å². The molecule has 0 aliphatic rings. The molecule has 2 N–H and O–H groups in total. The van der Waals surface area contributed by atoms with Gasteiger partial charge in [0.25, 0.3) is 5.91 Å². The Kier molecular flexibility index (Phi) is 6.77. The monoisotopic (exact) mass is 280 g/mol. The van der Waals surface area contributed by atoms with Crippen LogP contribution in [0, 0.1) is 0 Å². The first-order valence-corrected chi connectivity index (χ1v) is 5.88. The molecule has 0 saturated heterocycles. The fourth-order valence-electron chi connectivity index (χ4n) is 1.29. The van der Waals surface area contributed by atoms with Gasteiger partial charge in [0.1, 0.15) is 6.61 Å². The third-order valence-electron chi connectivity index (χ3n) is 2.18. The summed E-state index contributed by atoms with van der Waals surface area (Å²) in [4.78, 5) is 33.6. The minimum absolute atomic E-state index is 0.243. The van der Waals surface area contributed by atoms with Crippen molar-refractivity contribution in [2.45, 2.75) is 6.54 Å². The van der Waals surface area contributed by atoms with E-state index in [1.165, 1.54) is 7.11 Å². The molecule has 1 aromatic carbocycles. The van der Waals surface area contributed by atoms with Crippen molar-refractivity contribution in [3.8, 4) is 0 Å². The van der Waals surface area contributed by atoms with E-state index < -0.39 is 24.5 Å².